The van der Waals surface area contributed by atoms with Gasteiger partial charge in [-0.05, 0) is 52.0 Å². The smallest absolute Gasteiger partial charge is 0.168 e. The highest BCUT2D eigenvalue weighted by Crippen LogP contribution is 2.37. The SMILES string of the molecule is CNCCCNc1nc(CN(C)C2CCC3(CC2)OCCO3)nc2ccccc12. The molecule has 1 spiro atoms. The molecule has 4 rings (SSSR count). The molecule has 1 aromatic heterocycles. The van der Waals surface area contributed by atoms with Crippen molar-refractivity contribution in [3.05, 3.63) is 30.1 Å². The van der Waals surface area contributed by atoms with E-state index < -0.39 is 0 Å². The summed E-state index contributed by atoms with van der Waals surface area (Å²) in [6, 6.07) is 8.75. The van der Waals surface area contributed by atoms with Crippen LogP contribution in [0.2, 0.25) is 0 Å². The first kappa shape index (κ1) is 20.5. The first-order valence-electron chi connectivity index (χ1n) is 10.8. The Bertz CT molecular complexity index is 799. The largest absolute Gasteiger partial charge is 0.369 e. The van der Waals surface area contributed by atoms with Crippen molar-refractivity contribution in [2.24, 2.45) is 0 Å². The van der Waals surface area contributed by atoms with Gasteiger partial charge in [0.05, 0.1) is 25.3 Å². The molecule has 1 aromatic carbocycles. The van der Waals surface area contributed by atoms with Crippen LogP contribution >= 0.6 is 0 Å². The molecule has 0 amide bonds. The van der Waals surface area contributed by atoms with Crippen LogP contribution in [0.5, 0.6) is 0 Å². The van der Waals surface area contributed by atoms with Crippen molar-refractivity contribution in [1.29, 1.82) is 0 Å². The third-order valence-electron chi connectivity index (χ3n) is 6.09. The van der Waals surface area contributed by atoms with Gasteiger partial charge in [-0.1, -0.05) is 12.1 Å². The summed E-state index contributed by atoms with van der Waals surface area (Å²) < 4.78 is 11.7. The molecular formula is C22H33N5O2. The first-order chi connectivity index (χ1) is 14.2. The van der Waals surface area contributed by atoms with Crippen molar-refractivity contribution in [2.75, 3.05) is 45.7 Å². The summed E-state index contributed by atoms with van der Waals surface area (Å²) in [6.45, 7) is 4.09. The van der Waals surface area contributed by atoms with E-state index in [2.05, 4.69) is 34.7 Å². The van der Waals surface area contributed by atoms with Crippen molar-refractivity contribution in [3.63, 3.8) is 0 Å². The number of rotatable bonds is 8. The second-order valence-corrected chi connectivity index (χ2v) is 8.14. The Kier molecular flexibility index (Phi) is 6.60. The minimum atomic E-state index is -0.304. The van der Waals surface area contributed by atoms with Crippen LogP contribution in [0.4, 0.5) is 5.82 Å². The van der Waals surface area contributed by atoms with Gasteiger partial charge in [-0.2, -0.15) is 0 Å². The number of nitrogens with zero attached hydrogens (tertiary/aromatic N) is 3. The fraction of sp³-hybridized carbons (Fsp3) is 0.636. The Labute approximate surface area is 173 Å². The number of aromatic nitrogens is 2. The summed E-state index contributed by atoms with van der Waals surface area (Å²) in [5, 5.41) is 7.77. The van der Waals surface area contributed by atoms with E-state index in [1.165, 1.54) is 0 Å². The van der Waals surface area contributed by atoms with Gasteiger partial charge in [0.25, 0.3) is 0 Å². The lowest BCUT2D eigenvalue weighted by Gasteiger charge is -2.38. The van der Waals surface area contributed by atoms with Crippen LogP contribution in [0.15, 0.2) is 24.3 Å². The van der Waals surface area contributed by atoms with Crippen LogP contribution in [-0.2, 0) is 16.0 Å². The molecule has 29 heavy (non-hydrogen) atoms. The maximum atomic E-state index is 5.87. The highest BCUT2D eigenvalue weighted by Gasteiger charge is 2.41. The summed E-state index contributed by atoms with van der Waals surface area (Å²) in [5.41, 5.74) is 0.998. The number of para-hydroxylation sites is 1. The molecule has 0 unspecified atom stereocenters. The third-order valence-corrected chi connectivity index (χ3v) is 6.09. The molecular weight excluding hydrogens is 366 g/mol. The van der Waals surface area contributed by atoms with E-state index in [1.807, 2.05) is 19.2 Å². The van der Waals surface area contributed by atoms with Crippen molar-refractivity contribution in [2.45, 2.75) is 50.5 Å². The lowest BCUT2D eigenvalue weighted by molar-refractivity contribution is -0.183. The molecule has 1 saturated heterocycles. The number of fused-ring (bicyclic) bond motifs is 1. The van der Waals surface area contributed by atoms with Crippen molar-refractivity contribution in [1.82, 2.24) is 20.2 Å². The summed E-state index contributed by atoms with van der Waals surface area (Å²) in [6.07, 6.45) is 5.16. The second-order valence-electron chi connectivity index (χ2n) is 8.14. The lowest BCUT2D eigenvalue weighted by atomic mass is 9.89. The van der Waals surface area contributed by atoms with Gasteiger partial charge in [-0.3, -0.25) is 4.90 Å². The van der Waals surface area contributed by atoms with Gasteiger partial charge in [0.2, 0.25) is 0 Å². The van der Waals surface area contributed by atoms with Crippen molar-refractivity contribution < 1.29 is 9.47 Å². The highest BCUT2D eigenvalue weighted by atomic mass is 16.7. The molecule has 1 saturated carbocycles. The Hall–Kier alpha value is -1.80. The van der Waals surface area contributed by atoms with Gasteiger partial charge in [-0.25, -0.2) is 9.97 Å². The Morgan fingerprint density at radius 3 is 2.62 bits per heavy atom. The summed E-state index contributed by atoms with van der Waals surface area (Å²) in [7, 11) is 4.16. The van der Waals surface area contributed by atoms with E-state index in [9.17, 15) is 0 Å². The van der Waals surface area contributed by atoms with Crippen molar-refractivity contribution >= 4 is 16.7 Å². The normalized spacial score (nSPS) is 19.4. The van der Waals surface area contributed by atoms with Crippen LogP contribution < -0.4 is 10.6 Å². The van der Waals surface area contributed by atoms with Gasteiger partial charge in [0.1, 0.15) is 11.6 Å². The fourth-order valence-electron chi connectivity index (χ4n) is 4.42. The summed E-state index contributed by atoms with van der Waals surface area (Å²) in [5.74, 6) is 1.50. The summed E-state index contributed by atoms with van der Waals surface area (Å²) >= 11 is 0. The van der Waals surface area contributed by atoms with Crippen LogP contribution in [0, 0.1) is 0 Å². The average Bonchev–Trinajstić information content (AvgIpc) is 3.19. The molecule has 2 N–H and O–H groups in total. The molecule has 158 valence electrons. The Morgan fingerprint density at radius 2 is 1.86 bits per heavy atom. The standard InChI is InChI=1S/C22H33N5O2/c1-23-12-5-13-24-21-18-6-3-4-7-19(18)25-20(26-21)16-27(2)17-8-10-22(11-9-17)28-14-15-29-22/h3-4,6-7,17,23H,5,8-16H2,1-2H3,(H,24,25,26). The Balaban J connectivity index is 1.43. The molecule has 2 heterocycles. The van der Waals surface area contributed by atoms with Crippen LogP contribution in [0.1, 0.15) is 37.9 Å². The van der Waals surface area contributed by atoms with Crippen LogP contribution in [-0.4, -0.2) is 67.1 Å². The zero-order valence-corrected chi connectivity index (χ0v) is 17.6. The predicted molar refractivity (Wildman–Crippen MR) is 115 cm³/mol. The maximum absolute atomic E-state index is 5.87. The predicted octanol–water partition coefficient (Wildman–Crippen LogP) is 2.77. The van der Waals surface area contributed by atoms with E-state index in [-0.39, 0.29) is 5.79 Å². The summed E-state index contributed by atoms with van der Waals surface area (Å²) in [4.78, 5) is 12.1. The number of hydrogen-bond donors (Lipinski definition) is 2. The quantitative estimate of drug-likeness (QED) is 0.662. The van der Waals surface area contributed by atoms with Gasteiger partial charge in [-0.15, -0.1) is 0 Å². The zero-order chi connectivity index (χ0) is 20.1. The van der Waals surface area contributed by atoms with Gasteiger partial charge < -0.3 is 20.1 Å². The van der Waals surface area contributed by atoms with E-state index >= 15 is 0 Å². The minimum Gasteiger partial charge on any atom is -0.369 e. The molecule has 0 atom stereocenters. The number of nitrogens with one attached hydrogen (secondary N) is 2. The number of hydrogen-bond acceptors (Lipinski definition) is 7. The second kappa shape index (κ2) is 9.34. The molecule has 1 aliphatic heterocycles. The average molecular weight is 400 g/mol. The van der Waals surface area contributed by atoms with Crippen LogP contribution in [0.25, 0.3) is 10.9 Å². The molecule has 2 fully saturated rings. The fourth-order valence-corrected chi connectivity index (χ4v) is 4.42. The van der Waals surface area contributed by atoms with Crippen LogP contribution in [0.3, 0.4) is 0 Å². The number of anilines is 1. The molecule has 7 heteroatoms. The molecule has 2 aliphatic rings. The van der Waals surface area contributed by atoms with Gasteiger partial charge in [0, 0.05) is 30.8 Å². The number of ether oxygens (including phenoxy) is 2. The zero-order valence-electron chi connectivity index (χ0n) is 17.6. The number of benzene rings is 1. The molecule has 7 nitrogen and oxygen atoms in total. The van der Waals surface area contributed by atoms with Gasteiger partial charge >= 0.3 is 0 Å². The van der Waals surface area contributed by atoms with E-state index in [1.54, 1.807) is 0 Å². The molecule has 0 radical (unpaired) electrons. The minimum absolute atomic E-state index is 0.304. The Morgan fingerprint density at radius 1 is 1.10 bits per heavy atom. The molecule has 1 aliphatic carbocycles. The topological polar surface area (TPSA) is 71.5 Å². The highest BCUT2D eigenvalue weighted by molar-refractivity contribution is 5.88. The van der Waals surface area contributed by atoms with E-state index in [0.717, 1.165) is 87.5 Å². The van der Waals surface area contributed by atoms with Gasteiger partial charge in [0.15, 0.2) is 5.79 Å². The van der Waals surface area contributed by atoms with Crippen molar-refractivity contribution in [3.8, 4) is 0 Å². The lowest BCUT2D eigenvalue weighted by Crippen LogP contribution is -2.42. The third kappa shape index (κ3) is 4.86. The van der Waals surface area contributed by atoms with E-state index in [4.69, 9.17) is 19.4 Å². The monoisotopic (exact) mass is 399 g/mol. The first-order valence-corrected chi connectivity index (χ1v) is 10.8. The molecule has 2 aromatic rings. The maximum Gasteiger partial charge on any atom is 0.168 e. The molecule has 0 bridgehead atoms. The van der Waals surface area contributed by atoms with E-state index in [0.29, 0.717) is 6.04 Å².